The smallest absolute Gasteiger partial charge is 0.259 e. The van der Waals surface area contributed by atoms with E-state index in [9.17, 15) is 4.79 Å². The highest BCUT2D eigenvalue weighted by Gasteiger charge is 2.32. The molecule has 1 aliphatic rings. The molecular weight excluding hydrogens is 301 g/mol. The van der Waals surface area contributed by atoms with Gasteiger partial charge in [0, 0.05) is 6.54 Å². The first-order chi connectivity index (χ1) is 9.47. The fraction of sp³-hybridized carbons (Fsp3) is 0.500. The van der Waals surface area contributed by atoms with Crippen LogP contribution in [0.2, 0.25) is 10.0 Å². The number of carbonyl (C=O) groups is 1. The Labute approximate surface area is 128 Å². The van der Waals surface area contributed by atoms with Crippen LogP contribution in [0, 0.1) is 0 Å². The van der Waals surface area contributed by atoms with E-state index in [1.54, 1.807) is 17.0 Å². The molecule has 20 heavy (non-hydrogen) atoms. The van der Waals surface area contributed by atoms with Gasteiger partial charge in [0.1, 0.15) is 5.56 Å². The van der Waals surface area contributed by atoms with Crippen molar-refractivity contribution in [2.75, 3.05) is 20.3 Å². The van der Waals surface area contributed by atoms with Crippen molar-refractivity contribution in [1.29, 1.82) is 0 Å². The van der Waals surface area contributed by atoms with Gasteiger partial charge >= 0.3 is 0 Å². The summed E-state index contributed by atoms with van der Waals surface area (Å²) in [6, 6.07) is 3.19. The van der Waals surface area contributed by atoms with E-state index < -0.39 is 0 Å². The summed E-state index contributed by atoms with van der Waals surface area (Å²) in [5, 5.41) is 0.705. The van der Waals surface area contributed by atoms with Crippen molar-refractivity contribution in [3.8, 4) is 5.75 Å². The third kappa shape index (κ3) is 2.73. The molecule has 1 amide bonds. The van der Waals surface area contributed by atoms with Crippen molar-refractivity contribution in [1.82, 2.24) is 4.90 Å². The van der Waals surface area contributed by atoms with E-state index in [0.29, 0.717) is 34.5 Å². The van der Waals surface area contributed by atoms with Crippen molar-refractivity contribution >= 4 is 29.1 Å². The van der Waals surface area contributed by atoms with Gasteiger partial charge in [-0.3, -0.25) is 4.79 Å². The van der Waals surface area contributed by atoms with Crippen molar-refractivity contribution in [3.63, 3.8) is 0 Å². The van der Waals surface area contributed by atoms with Gasteiger partial charge in [0.25, 0.3) is 5.91 Å². The molecule has 4 nitrogen and oxygen atoms in total. The number of rotatable bonds is 2. The average Bonchev–Trinajstić information content (AvgIpc) is 2.43. The molecule has 0 radical (unpaired) electrons. The van der Waals surface area contributed by atoms with Gasteiger partial charge in [0.2, 0.25) is 0 Å². The molecule has 2 rings (SSSR count). The second-order valence-electron chi connectivity index (χ2n) is 4.75. The number of ether oxygens (including phenoxy) is 2. The van der Waals surface area contributed by atoms with E-state index in [1.165, 1.54) is 7.11 Å². The number of amides is 1. The quantitative estimate of drug-likeness (QED) is 0.840. The van der Waals surface area contributed by atoms with Crippen LogP contribution in [0.25, 0.3) is 0 Å². The van der Waals surface area contributed by atoms with E-state index in [4.69, 9.17) is 32.7 Å². The zero-order valence-corrected chi connectivity index (χ0v) is 13.2. The van der Waals surface area contributed by atoms with Crippen LogP contribution in [-0.4, -0.2) is 43.2 Å². The predicted molar refractivity (Wildman–Crippen MR) is 78.9 cm³/mol. The van der Waals surface area contributed by atoms with Gasteiger partial charge in [-0.25, -0.2) is 0 Å². The Balaban J connectivity index is 2.40. The van der Waals surface area contributed by atoms with E-state index >= 15 is 0 Å². The van der Waals surface area contributed by atoms with Crippen molar-refractivity contribution in [2.45, 2.75) is 26.0 Å². The number of hydrogen-bond donors (Lipinski definition) is 0. The lowest BCUT2D eigenvalue weighted by atomic mass is 10.1. The molecule has 1 aliphatic heterocycles. The van der Waals surface area contributed by atoms with Crippen molar-refractivity contribution in [3.05, 3.63) is 27.7 Å². The van der Waals surface area contributed by atoms with Crippen LogP contribution >= 0.6 is 23.2 Å². The number of methoxy groups -OCH3 is 1. The zero-order valence-electron chi connectivity index (χ0n) is 11.7. The minimum Gasteiger partial charge on any atom is -0.494 e. The monoisotopic (exact) mass is 317 g/mol. The fourth-order valence-corrected chi connectivity index (χ4v) is 2.76. The first kappa shape index (κ1) is 15.4. The minimum atomic E-state index is -0.183. The van der Waals surface area contributed by atoms with Gasteiger partial charge in [-0.05, 0) is 26.0 Å². The van der Waals surface area contributed by atoms with Gasteiger partial charge in [-0.15, -0.1) is 0 Å². The van der Waals surface area contributed by atoms with Gasteiger partial charge < -0.3 is 14.4 Å². The molecule has 1 heterocycles. The summed E-state index contributed by atoms with van der Waals surface area (Å²) in [5.41, 5.74) is 0.308. The summed E-state index contributed by atoms with van der Waals surface area (Å²) in [5.74, 6) is 0.132. The SMILES string of the molecule is COc1c(Cl)ccc(Cl)c1C(=O)N1CCOC(C)C1C. The Morgan fingerprint density at radius 2 is 2.00 bits per heavy atom. The Morgan fingerprint density at radius 3 is 2.65 bits per heavy atom. The molecule has 110 valence electrons. The van der Waals surface area contributed by atoms with Gasteiger partial charge in [-0.1, -0.05) is 23.2 Å². The minimum absolute atomic E-state index is 0.0170. The normalized spacial score (nSPS) is 22.8. The number of halogens is 2. The molecule has 1 fully saturated rings. The molecular formula is C14H17Cl2NO3. The van der Waals surface area contributed by atoms with Crippen LogP contribution in [0.3, 0.4) is 0 Å². The molecule has 1 saturated heterocycles. The Hall–Kier alpha value is -0.970. The number of morpholine rings is 1. The fourth-order valence-electron chi connectivity index (χ4n) is 2.30. The maximum absolute atomic E-state index is 12.8. The zero-order chi connectivity index (χ0) is 14.9. The molecule has 0 aromatic heterocycles. The molecule has 0 saturated carbocycles. The van der Waals surface area contributed by atoms with Crippen molar-refractivity contribution in [2.24, 2.45) is 0 Å². The van der Waals surface area contributed by atoms with Crippen LogP contribution in [0.1, 0.15) is 24.2 Å². The summed E-state index contributed by atoms with van der Waals surface area (Å²) in [6.45, 7) is 4.93. The lowest BCUT2D eigenvalue weighted by molar-refractivity contribution is -0.0441. The van der Waals surface area contributed by atoms with E-state index in [0.717, 1.165) is 0 Å². The molecule has 1 aromatic carbocycles. The maximum atomic E-state index is 12.8. The van der Waals surface area contributed by atoms with Crippen LogP contribution in [0.15, 0.2) is 12.1 Å². The molecule has 1 aromatic rings. The molecule has 2 atom stereocenters. The molecule has 0 aliphatic carbocycles. The van der Waals surface area contributed by atoms with Gasteiger partial charge in [0.05, 0.1) is 35.9 Å². The number of benzene rings is 1. The maximum Gasteiger partial charge on any atom is 0.259 e. The lowest BCUT2D eigenvalue weighted by Gasteiger charge is -2.38. The standard InChI is InChI=1S/C14H17Cl2NO3/c1-8-9(2)20-7-6-17(8)14(18)12-10(15)4-5-11(16)13(12)19-3/h4-5,8-9H,6-7H2,1-3H3. The largest absolute Gasteiger partial charge is 0.494 e. The molecule has 2 unspecified atom stereocenters. The highest BCUT2D eigenvalue weighted by molar-refractivity contribution is 6.37. The van der Waals surface area contributed by atoms with Gasteiger partial charge in [0.15, 0.2) is 5.75 Å². The van der Waals surface area contributed by atoms with Crippen LogP contribution in [-0.2, 0) is 4.74 Å². The Kier molecular flexibility index (Phi) is 4.78. The second kappa shape index (κ2) is 6.20. The number of hydrogen-bond acceptors (Lipinski definition) is 3. The molecule has 0 N–H and O–H groups in total. The summed E-state index contributed by atoms with van der Waals surface area (Å²) < 4.78 is 10.8. The number of nitrogens with zero attached hydrogens (tertiary/aromatic N) is 1. The topological polar surface area (TPSA) is 38.8 Å². The Bertz CT molecular complexity index is 521. The summed E-state index contributed by atoms with van der Waals surface area (Å²) in [4.78, 5) is 14.5. The summed E-state index contributed by atoms with van der Waals surface area (Å²) in [6.07, 6.45) is -0.0170. The highest BCUT2D eigenvalue weighted by Crippen LogP contribution is 2.35. The Morgan fingerprint density at radius 1 is 1.35 bits per heavy atom. The third-order valence-electron chi connectivity index (χ3n) is 3.62. The summed E-state index contributed by atoms with van der Waals surface area (Å²) >= 11 is 12.2. The van der Waals surface area contributed by atoms with E-state index in [1.807, 2.05) is 13.8 Å². The first-order valence-corrected chi connectivity index (χ1v) is 7.17. The van der Waals surface area contributed by atoms with Gasteiger partial charge in [-0.2, -0.15) is 0 Å². The third-order valence-corrected chi connectivity index (χ3v) is 4.23. The van der Waals surface area contributed by atoms with Crippen molar-refractivity contribution < 1.29 is 14.3 Å². The van der Waals surface area contributed by atoms with Crippen LogP contribution in [0.4, 0.5) is 0 Å². The second-order valence-corrected chi connectivity index (χ2v) is 5.57. The number of carbonyl (C=O) groups excluding carboxylic acids is 1. The molecule has 0 spiro atoms. The average molecular weight is 318 g/mol. The van der Waals surface area contributed by atoms with Crippen LogP contribution in [0.5, 0.6) is 5.75 Å². The highest BCUT2D eigenvalue weighted by atomic mass is 35.5. The predicted octanol–water partition coefficient (Wildman–Crippen LogP) is 3.25. The van der Waals surface area contributed by atoms with E-state index in [2.05, 4.69) is 0 Å². The van der Waals surface area contributed by atoms with E-state index in [-0.39, 0.29) is 18.1 Å². The summed E-state index contributed by atoms with van der Waals surface area (Å²) in [7, 11) is 1.47. The molecule has 6 heteroatoms. The first-order valence-electron chi connectivity index (χ1n) is 6.42. The lowest BCUT2D eigenvalue weighted by Crippen LogP contribution is -2.51. The van der Waals surface area contributed by atoms with Crippen LogP contribution < -0.4 is 4.74 Å². The molecule has 0 bridgehead atoms.